The molecule has 0 aromatic carbocycles. The predicted molar refractivity (Wildman–Crippen MR) is 75.9 cm³/mol. The maximum atomic E-state index is 4.82. The molecule has 1 aromatic heterocycles. The van der Waals surface area contributed by atoms with Crippen LogP contribution >= 0.6 is 0 Å². The predicted octanol–water partition coefficient (Wildman–Crippen LogP) is 2.96. The summed E-state index contributed by atoms with van der Waals surface area (Å²) < 4.78 is 2.30. The van der Waals surface area contributed by atoms with Crippen LogP contribution in [0.15, 0.2) is 6.07 Å². The molecule has 0 saturated heterocycles. The third-order valence-corrected chi connectivity index (χ3v) is 4.52. The van der Waals surface area contributed by atoms with Gasteiger partial charge in [0.05, 0.1) is 11.7 Å². The minimum absolute atomic E-state index is 0.364. The third kappa shape index (κ3) is 2.20. The van der Waals surface area contributed by atoms with Crippen molar-refractivity contribution in [1.29, 1.82) is 0 Å². The minimum atomic E-state index is 0.364. The number of hydrogen-bond donors (Lipinski definition) is 1. The molecule has 102 valence electrons. The first-order valence-corrected chi connectivity index (χ1v) is 7.28. The van der Waals surface area contributed by atoms with E-state index < -0.39 is 0 Å². The summed E-state index contributed by atoms with van der Waals surface area (Å²) in [5.41, 5.74) is 2.98. The highest BCUT2D eigenvalue weighted by Gasteiger charge is 2.42. The number of aryl methyl sites for hydroxylation is 2. The Hall–Kier alpha value is -0.830. The summed E-state index contributed by atoms with van der Waals surface area (Å²) in [6, 6.07) is 3.31. The maximum Gasteiger partial charge on any atom is 0.0680 e. The van der Waals surface area contributed by atoms with E-state index in [2.05, 4.69) is 50.8 Å². The lowest BCUT2D eigenvalue weighted by Gasteiger charge is -2.31. The van der Waals surface area contributed by atoms with Crippen LogP contribution in [0.2, 0.25) is 0 Å². The molecule has 0 radical (unpaired) electrons. The molecule has 1 aromatic rings. The van der Waals surface area contributed by atoms with Gasteiger partial charge >= 0.3 is 0 Å². The van der Waals surface area contributed by atoms with Crippen LogP contribution in [-0.2, 0) is 12.8 Å². The Morgan fingerprint density at radius 1 is 1.39 bits per heavy atom. The number of nitrogens with one attached hydrogen (secondary N) is 1. The largest absolute Gasteiger partial charge is 0.314 e. The Balaban J connectivity index is 2.33. The summed E-state index contributed by atoms with van der Waals surface area (Å²) in [5, 5.41) is 8.34. The van der Waals surface area contributed by atoms with Gasteiger partial charge in [-0.2, -0.15) is 5.10 Å². The van der Waals surface area contributed by atoms with Crippen molar-refractivity contribution in [3.8, 4) is 0 Å². The Labute approximate surface area is 111 Å². The van der Waals surface area contributed by atoms with Gasteiger partial charge in [-0.25, -0.2) is 0 Å². The van der Waals surface area contributed by atoms with Crippen LogP contribution in [0.3, 0.4) is 0 Å². The third-order valence-electron chi connectivity index (χ3n) is 4.52. The van der Waals surface area contributed by atoms with E-state index in [0.717, 1.165) is 12.8 Å². The van der Waals surface area contributed by atoms with E-state index in [1.165, 1.54) is 24.2 Å². The van der Waals surface area contributed by atoms with Crippen molar-refractivity contribution in [3.05, 3.63) is 17.5 Å². The first kappa shape index (κ1) is 13.6. The highest BCUT2D eigenvalue weighted by atomic mass is 15.3. The van der Waals surface area contributed by atoms with Gasteiger partial charge in [0.2, 0.25) is 0 Å². The summed E-state index contributed by atoms with van der Waals surface area (Å²) >= 11 is 0. The molecule has 1 fully saturated rings. The lowest BCUT2D eigenvalue weighted by Crippen LogP contribution is -2.41. The molecule has 0 amide bonds. The van der Waals surface area contributed by atoms with E-state index in [4.69, 9.17) is 5.10 Å². The van der Waals surface area contributed by atoms with Crippen molar-refractivity contribution in [2.45, 2.75) is 65.5 Å². The molecule has 2 rings (SSSR count). The fourth-order valence-electron chi connectivity index (χ4n) is 3.42. The monoisotopic (exact) mass is 249 g/mol. The average molecular weight is 249 g/mol. The van der Waals surface area contributed by atoms with E-state index in [1.807, 2.05) is 0 Å². The van der Waals surface area contributed by atoms with Crippen molar-refractivity contribution in [3.63, 3.8) is 0 Å². The van der Waals surface area contributed by atoms with Crippen LogP contribution in [0, 0.1) is 5.41 Å². The van der Waals surface area contributed by atoms with Crippen molar-refractivity contribution in [1.82, 2.24) is 15.1 Å². The molecule has 1 heterocycles. The zero-order chi connectivity index (χ0) is 13.3. The highest BCUT2D eigenvalue weighted by molar-refractivity contribution is 5.13. The van der Waals surface area contributed by atoms with Gasteiger partial charge in [-0.1, -0.05) is 27.7 Å². The fourth-order valence-corrected chi connectivity index (χ4v) is 3.42. The van der Waals surface area contributed by atoms with Gasteiger partial charge in [0.25, 0.3) is 0 Å². The topological polar surface area (TPSA) is 29.9 Å². The molecule has 1 saturated carbocycles. The lowest BCUT2D eigenvalue weighted by atomic mass is 9.86. The van der Waals surface area contributed by atoms with E-state index in [-0.39, 0.29) is 0 Å². The van der Waals surface area contributed by atoms with Crippen LogP contribution in [0.5, 0.6) is 0 Å². The molecule has 1 aliphatic rings. The Morgan fingerprint density at radius 3 is 2.67 bits per heavy atom. The van der Waals surface area contributed by atoms with E-state index in [9.17, 15) is 0 Å². The van der Waals surface area contributed by atoms with Gasteiger partial charge in [0, 0.05) is 11.7 Å². The number of hydrogen-bond acceptors (Lipinski definition) is 2. The van der Waals surface area contributed by atoms with Crippen LogP contribution < -0.4 is 5.32 Å². The summed E-state index contributed by atoms with van der Waals surface area (Å²) in [6.07, 6.45) is 4.60. The number of nitrogens with zero attached hydrogens (tertiary/aromatic N) is 2. The molecule has 1 N–H and O–H groups in total. The van der Waals surface area contributed by atoms with E-state index >= 15 is 0 Å². The van der Waals surface area contributed by atoms with E-state index in [0.29, 0.717) is 17.5 Å². The number of rotatable bonds is 4. The molecular weight excluding hydrogens is 222 g/mol. The van der Waals surface area contributed by atoms with Crippen molar-refractivity contribution >= 4 is 0 Å². The minimum Gasteiger partial charge on any atom is -0.314 e. The summed E-state index contributed by atoms with van der Waals surface area (Å²) in [7, 11) is 2.08. The quantitative estimate of drug-likeness (QED) is 0.889. The molecule has 2 atom stereocenters. The first-order chi connectivity index (χ1) is 8.53. The highest BCUT2D eigenvalue weighted by Crippen LogP contribution is 2.43. The lowest BCUT2D eigenvalue weighted by molar-refractivity contribution is 0.251. The number of aromatic nitrogens is 2. The molecule has 0 spiro atoms. The Kier molecular flexibility index (Phi) is 3.81. The first-order valence-electron chi connectivity index (χ1n) is 7.28. The summed E-state index contributed by atoms with van der Waals surface area (Å²) in [5.74, 6) is 0. The van der Waals surface area contributed by atoms with Crippen LogP contribution in [0.25, 0.3) is 0 Å². The molecule has 2 unspecified atom stereocenters. The van der Waals surface area contributed by atoms with Crippen LogP contribution in [0.1, 0.15) is 58.0 Å². The zero-order valence-electron chi connectivity index (χ0n) is 12.5. The Morgan fingerprint density at radius 2 is 2.11 bits per heavy atom. The van der Waals surface area contributed by atoms with Gasteiger partial charge in [-0.3, -0.25) is 4.68 Å². The molecule has 3 heteroatoms. The fraction of sp³-hybridized carbons (Fsp3) is 0.800. The molecule has 0 aliphatic heterocycles. The standard InChI is InChI=1S/C15H27N3/c1-6-11-10-12(7-2)18(17-11)13-8-9-15(3,4)14(13)16-5/h10,13-14,16H,6-9H2,1-5H3. The molecule has 1 aliphatic carbocycles. The number of likely N-dealkylation sites (N-methyl/N-ethyl adjacent to an activating group) is 1. The second-order valence-corrected chi connectivity index (χ2v) is 6.14. The van der Waals surface area contributed by atoms with E-state index in [1.54, 1.807) is 0 Å². The second kappa shape index (κ2) is 5.04. The SMILES string of the molecule is CCc1cc(CC)n(C2CCC(C)(C)C2NC)n1. The summed E-state index contributed by atoms with van der Waals surface area (Å²) in [6.45, 7) is 9.13. The second-order valence-electron chi connectivity index (χ2n) is 6.14. The zero-order valence-corrected chi connectivity index (χ0v) is 12.5. The summed E-state index contributed by atoms with van der Waals surface area (Å²) in [4.78, 5) is 0. The van der Waals surface area contributed by atoms with Gasteiger partial charge in [-0.05, 0) is 44.2 Å². The van der Waals surface area contributed by atoms with Crippen LogP contribution in [0.4, 0.5) is 0 Å². The molecular formula is C15H27N3. The molecule has 3 nitrogen and oxygen atoms in total. The average Bonchev–Trinajstić information content (AvgIpc) is 2.88. The Bertz CT molecular complexity index is 406. The van der Waals surface area contributed by atoms with Crippen molar-refractivity contribution < 1.29 is 0 Å². The molecule has 18 heavy (non-hydrogen) atoms. The van der Waals surface area contributed by atoms with Gasteiger partial charge in [-0.15, -0.1) is 0 Å². The van der Waals surface area contributed by atoms with Gasteiger partial charge < -0.3 is 5.32 Å². The van der Waals surface area contributed by atoms with Gasteiger partial charge in [0.15, 0.2) is 0 Å². The van der Waals surface area contributed by atoms with Crippen LogP contribution in [-0.4, -0.2) is 22.9 Å². The van der Waals surface area contributed by atoms with Crippen molar-refractivity contribution in [2.24, 2.45) is 5.41 Å². The smallest absolute Gasteiger partial charge is 0.0680 e. The normalized spacial score (nSPS) is 26.7. The van der Waals surface area contributed by atoms with Crippen molar-refractivity contribution in [2.75, 3.05) is 7.05 Å². The molecule has 0 bridgehead atoms. The maximum absolute atomic E-state index is 4.82. The van der Waals surface area contributed by atoms with Gasteiger partial charge in [0.1, 0.15) is 0 Å².